The Bertz CT molecular complexity index is 896. The lowest BCUT2D eigenvalue weighted by Crippen LogP contribution is -2.45. The molecule has 0 rings (SSSR count). The number of hydrogen-bond acceptors (Lipinski definition) is 5. The van der Waals surface area contributed by atoms with Gasteiger partial charge >= 0.3 is 7.82 Å². The van der Waals surface area contributed by atoms with E-state index in [0.717, 1.165) is 38.5 Å². The van der Waals surface area contributed by atoms with E-state index >= 15 is 0 Å². The van der Waals surface area contributed by atoms with Crippen LogP contribution in [0.1, 0.15) is 219 Å². The molecular formula is C45H92N2O6P+. The van der Waals surface area contributed by atoms with Gasteiger partial charge in [0.2, 0.25) is 5.91 Å². The fourth-order valence-corrected chi connectivity index (χ4v) is 7.54. The summed E-state index contributed by atoms with van der Waals surface area (Å²) in [7, 11) is 1.58. The number of carbonyl (C=O) groups excluding carboxylic acids is 1. The molecule has 0 fully saturated rings. The molecule has 0 aliphatic rings. The molecule has 1 amide bonds. The molecule has 0 aromatic carbocycles. The molecule has 3 N–H and O–H groups in total. The number of amides is 1. The van der Waals surface area contributed by atoms with E-state index < -0.39 is 20.0 Å². The first-order valence-corrected chi connectivity index (χ1v) is 24.6. The molecule has 3 unspecified atom stereocenters. The van der Waals surface area contributed by atoms with E-state index in [9.17, 15) is 19.4 Å². The van der Waals surface area contributed by atoms with Crippen molar-refractivity contribution in [2.45, 2.75) is 231 Å². The van der Waals surface area contributed by atoms with Crippen molar-refractivity contribution in [3.8, 4) is 0 Å². The Kier molecular flexibility index (Phi) is 37.3. The zero-order valence-electron chi connectivity index (χ0n) is 36.5. The topological polar surface area (TPSA) is 105 Å². The number of aliphatic hydroxyl groups is 1. The van der Waals surface area contributed by atoms with Gasteiger partial charge in [-0.2, -0.15) is 0 Å². The maximum atomic E-state index is 12.6. The number of nitrogens with zero attached hydrogens (tertiary/aromatic N) is 1. The van der Waals surface area contributed by atoms with Crippen molar-refractivity contribution in [3.63, 3.8) is 0 Å². The van der Waals surface area contributed by atoms with Gasteiger partial charge in [-0.05, 0) is 19.3 Å². The first kappa shape index (κ1) is 53.2. The van der Waals surface area contributed by atoms with Crippen molar-refractivity contribution in [2.24, 2.45) is 0 Å². The summed E-state index contributed by atoms with van der Waals surface area (Å²) in [5.74, 6) is -0.193. The van der Waals surface area contributed by atoms with Crippen LogP contribution < -0.4 is 5.32 Å². The summed E-state index contributed by atoms with van der Waals surface area (Å²) in [6, 6.07) is -0.837. The summed E-state index contributed by atoms with van der Waals surface area (Å²) >= 11 is 0. The maximum Gasteiger partial charge on any atom is 0.472 e. The number of rotatable bonds is 42. The highest BCUT2D eigenvalue weighted by Crippen LogP contribution is 2.43. The average Bonchev–Trinajstić information content (AvgIpc) is 3.12. The molecule has 0 saturated heterocycles. The van der Waals surface area contributed by atoms with Gasteiger partial charge in [-0.15, -0.1) is 0 Å². The van der Waals surface area contributed by atoms with Gasteiger partial charge in [0.05, 0.1) is 39.9 Å². The third-order valence-electron chi connectivity index (χ3n) is 10.5. The van der Waals surface area contributed by atoms with Crippen molar-refractivity contribution >= 4 is 13.7 Å². The average molecular weight is 788 g/mol. The molecule has 0 spiro atoms. The fraction of sp³-hybridized carbons (Fsp3) is 0.933. The third-order valence-corrected chi connectivity index (χ3v) is 11.5. The molecule has 54 heavy (non-hydrogen) atoms. The van der Waals surface area contributed by atoms with Crippen LogP contribution in [0.25, 0.3) is 0 Å². The standard InChI is InChI=1S/C45H91N2O6P/c1-6-8-10-12-13-14-15-16-17-18-19-20-21-22-23-24-25-26-27-28-29-30-31-32-33-34-35-36-38-44(48)43(46-45(49)39-37-11-9-7-2)42-53-54(50,51)52-41-40-47(3,4)5/h36,38,43-44,48H,6-35,37,39-42H2,1-5H3,(H-,46,49,50,51)/p+1/b38-36+. The number of allylic oxidation sites excluding steroid dienone is 1. The Morgan fingerprint density at radius 2 is 0.981 bits per heavy atom. The molecule has 0 heterocycles. The Morgan fingerprint density at radius 3 is 1.37 bits per heavy atom. The Labute approximate surface area is 335 Å². The van der Waals surface area contributed by atoms with Crippen molar-refractivity contribution in [1.82, 2.24) is 5.32 Å². The van der Waals surface area contributed by atoms with Gasteiger partial charge in [0.1, 0.15) is 13.2 Å². The van der Waals surface area contributed by atoms with Crippen LogP contribution in [0, 0.1) is 0 Å². The molecule has 0 aliphatic carbocycles. The van der Waals surface area contributed by atoms with E-state index in [-0.39, 0.29) is 19.1 Å². The normalized spacial score (nSPS) is 14.4. The van der Waals surface area contributed by atoms with E-state index in [2.05, 4.69) is 19.2 Å². The predicted octanol–water partition coefficient (Wildman–Crippen LogP) is 12.8. The summed E-state index contributed by atoms with van der Waals surface area (Å²) in [6.07, 6.45) is 43.7. The second-order valence-electron chi connectivity index (χ2n) is 17.1. The van der Waals surface area contributed by atoms with Crippen LogP contribution in [0.3, 0.4) is 0 Å². The van der Waals surface area contributed by atoms with Gasteiger partial charge in [-0.3, -0.25) is 13.8 Å². The second-order valence-corrected chi connectivity index (χ2v) is 18.6. The lowest BCUT2D eigenvalue weighted by atomic mass is 10.0. The van der Waals surface area contributed by atoms with E-state index in [0.29, 0.717) is 17.4 Å². The monoisotopic (exact) mass is 788 g/mol. The number of likely N-dealkylation sites (N-methyl/N-ethyl adjacent to an activating group) is 1. The van der Waals surface area contributed by atoms with Crippen LogP contribution in [0.2, 0.25) is 0 Å². The highest BCUT2D eigenvalue weighted by Gasteiger charge is 2.27. The van der Waals surface area contributed by atoms with Gasteiger partial charge in [-0.1, -0.05) is 206 Å². The highest BCUT2D eigenvalue weighted by molar-refractivity contribution is 7.47. The number of nitrogens with one attached hydrogen (secondary N) is 1. The van der Waals surface area contributed by atoms with Crippen molar-refractivity contribution in [3.05, 3.63) is 12.2 Å². The summed E-state index contributed by atoms with van der Waals surface area (Å²) in [4.78, 5) is 22.7. The Morgan fingerprint density at radius 1 is 0.611 bits per heavy atom. The Balaban J connectivity index is 3.92. The fourth-order valence-electron chi connectivity index (χ4n) is 6.81. The first-order chi connectivity index (χ1) is 26.0. The minimum absolute atomic E-state index is 0.0633. The van der Waals surface area contributed by atoms with Crippen molar-refractivity contribution in [2.75, 3.05) is 40.9 Å². The minimum Gasteiger partial charge on any atom is -0.387 e. The van der Waals surface area contributed by atoms with Crippen molar-refractivity contribution in [1.29, 1.82) is 0 Å². The molecule has 0 radical (unpaired) electrons. The van der Waals surface area contributed by atoms with Crippen LogP contribution in [0.5, 0.6) is 0 Å². The number of phosphoric ester groups is 1. The van der Waals surface area contributed by atoms with Gasteiger partial charge in [0.15, 0.2) is 0 Å². The summed E-state index contributed by atoms with van der Waals surface area (Å²) < 4.78 is 23.3. The zero-order chi connectivity index (χ0) is 40.0. The van der Waals surface area contributed by atoms with E-state index in [4.69, 9.17) is 9.05 Å². The molecule has 0 saturated carbocycles. The van der Waals surface area contributed by atoms with Gasteiger partial charge in [0.25, 0.3) is 0 Å². The number of carbonyl (C=O) groups is 1. The van der Waals surface area contributed by atoms with Crippen LogP contribution in [-0.2, 0) is 18.4 Å². The molecular weight excluding hydrogens is 695 g/mol. The number of unbranched alkanes of at least 4 members (excludes halogenated alkanes) is 29. The summed E-state index contributed by atoms with van der Waals surface area (Å²) in [5.41, 5.74) is 0. The first-order valence-electron chi connectivity index (χ1n) is 23.1. The van der Waals surface area contributed by atoms with Gasteiger partial charge in [0, 0.05) is 6.42 Å². The molecule has 9 heteroatoms. The van der Waals surface area contributed by atoms with E-state index in [1.54, 1.807) is 6.08 Å². The maximum absolute atomic E-state index is 12.6. The zero-order valence-corrected chi connectivity index (χ0v) is 37.4. The van der Waals surface area contributed by atoms with Crippen LogP contribution >= 0.6 is 7.82 Å². The largest absolute Gasteiger partial charge is 0.472 e. The third kappa shape index (κ3) is 39.5. The van der Waals surface area contributed by atoms with Gasteiger partial charge in [-0.25, -0.2) is 4.57 Å². The highest BCUT2D eigenvalue weighted by atomic mass is 31.2. The molecule has 0 aromatic rings. The van der Waals surface area contributed by atoms with Gasteiger partial charge < -0.3 is 19.8 Å². The number of quaternary nitrogens is 1. The molecule has 322 valence electrons. The summed E-state index contributed by atoms with van der Waals surface area (Å²) in [5, 5.41) is 13.7. The smallest absolute Gasteiger partial charge is 0.387 e. The lowest BCUT2D eigenvalue weighted by Gasteiger charge is -2.25. The predicted molar refractivity (Wildman–Crippen MR) is 231 cm³/mol. The quantitative estimate of drug-likeness (QED) is 0.0246. The summed E-state index contributed by atoms with van der Waals surface area (Å²) in [6.45, 7) is 4.70. The van der Waals surface area contributed by atoms with Crippen LogP contribution in [0.4, 0.5) is 0 Å². The Hall–Kier alpha value is -0.760. The van der Waals surface area contributed by atoms with Crippen LogP contribution in [-0.4, -0.2) is 73.4 Å². The van der Waals surface area contributed by atoms with Crippen molar-refractivity contribution < 1.29 is 32.9 Å². The molecule has 0 bridgehead atoms. The van der Waals surface area contributed by atoms with E-state index in [1.165, 1.54) is 161 Å². The number of hydrogen-bond donors (Lipinski definition) is 3. The second kappa shape index (κ2) is 37.8. The minimum atomic E-state index is -4.32. The molecule has 8 nitrogen and oxygen atoms in total. The van der Waals surface area contributed by atoms with E-state index in [1.807, 2.05) is 27.2 Å². The van der Waals surface area contributed by atoms with Crippen LogP contribution in [0.15, 0.2) is 12.2 Å². The molecule has 3 atom stereocenters. The molecule has 0 aliphatic heterocycles. The molecule has 0 aromatic heterocycles. The number of aliphatic hydroxyl groups excluding tert-OH is 1. The lowest BCUT2D eigenvalue weighted by molar-refractivity contribution is -0.870. The SMILES string of the molecule is CCCCCCCCCCCCCCCCCCCCCCCCCCCC/C=C/C(O)C(COP(=O)(O)OCC[N+](C)(C)C)NC(=O)CCCCCC. The number of phosphoric acid groups is 1.